The van der Waals surface area contributed by atoms with Crippen LogP contribution in [-0.4, -0.2) is 12.1 Å². The number of rotatable bonds is 4. The van der Waals surface area contributed by atoms with E-state index in [1.165, 1.54) is 18.3 Å². The standard InChI is InChI=1S/C20H13O3S/c1-13(22)20(12-21,18-10-14-6-2-4-8-16(14)23-18)19-11-15-7-3-5-9-17(15)24-19/h2-11H,1H3. The van der Waals surface area contributed by atoms with Crippen LogP contribution in [0, 0.1) is 0 Å². The molecule has 4 aromatic rings. The number of Topliss-reactive ketones (excluding diaryl/α,β-unsaturated/α-hetero) is 1. The minimum atomic E-state index is -1.53. The van der Waals surface area contributed by atoms with Crippen LogP contribution in [0.15, 0.2) is 65.1 Å². The Bertz CT molecular complexity index is 931. The Morgan fingerprint density at radius 1 is 1.04 bits per heavy atom. The topological polar surface area (TPSA) is 47.3 Å². The van der Waals surface area contributed by atoms with E-state index in [0.717, 1.165) is 15.5 Å². The average molecular weight is 333 g/mol. The van der Waals surface area contributed by atoms with E-state index < -0.39 is 5.41 Å². The van der Waals surface area contributed by atoms with Crippen LogP contribution >= 0.6 is 11.3 Å². The molecule has 0 bridgehead atoms. The van der Waals surface area contributed by atoms with Gasteiger partial charge < -0.3 is 4.42 Å². The third-order valence-electron chi connectivity index (χ3n) is 4.27. The number of thiophene rings is 1. The van der Waals surface area contributed by atoms with E-state index in [1.807, 2.05) is 60.9 Å². The van der Waals surface area contributed by atoms with Crippen LogP contribution in [0.3, 0.4) is 0 Å². The summed E-state index contributed by atoms with van der Waals surface area (Å²) in [5.74, 6) is 0.0147. The summed E-state index contributed by atoms with van der Waals surface area (Å²) in [5, 5.41) is 1.85. The van der Waals surface area contributed by atoms with E-state index in [0.29, 0.717) is 16.2 Å². The lowest BCUT2D eigenvalue weighted by Crippen LogP contribution is -2.36. The highest BCUT2D eigenvalue weighted by atomic mass is 32.1. The fraction of sp³-hybridized carbons (Fsp3) is 0.100. The van der Waals surface area contributed by atoms with Crippen molar-refractivity contribution in [2.24, 2.45) is 0 Å². The second-order valence-electron chi connectivity index (χ2n) is 5.71. The van der Waals surface area contributed by atoms with Crippen LogP contribution < -0.4 is 0 Å². The summed E-state index contributed by atoms with van der Waals surface area (Å²) >= 11 is 1.42. The van der Waals surface area contributed by atoms with Gasteiger partial charge in [0.15, 0.2) is 11.2 Å². The number of benzene rings is 2. The molecule has 4 rings (SSSR count). The van der Waals surface area contributed by atoms with Gasteiger partial charge in [0, 0.05) is 15.0 Å². The summed E-state index contributed by atoms with van der Waals surface area (Å²) in [6, 6.07) is 18.9. The van der Waals surface area contributed by atoms with Crippen LogP contribution in [0.25, 0.3) is 21.1 Å². The molecule has 1 unspecified atom stereocenters. The molecule has 0 fully saturated rings. The second-order valence-corrected chi connectivity index (χ2v) is 6.79. The zero-order valence-electron chi connectivity index (χ0n) is 12.9. The molecule has 0 amide bonds. The number of carbonyl (C=O) groups excluding carboxylic acids is 2. The van der Waals surface area contributed by atoms with Crippen LogP contribution in [0.2, 0.25) is 0 Å². The number of para-hydroxylation sites is 1. The van der Waals surface area contributed by atoms with E-state index in [1.54, 1.807) is 6.07 Å². The summed E-state index contributed by atoms with van der Waals surface area (Å²) in [6.45, 7) is 1.41. The second kappa shape index (κ2) is 5.42. The molecule has 0 aliphatic heterocycles. The molecule has 4 heteroatoms. The number of hydrogen-bond acceptors (Lipinski definition) is 4. The van der Waals surface area contributed by atoms with Gasteiger partial charge in [0.1, 0.15) is 11.3 Å². The van der Waals surface area contributed by atoms with Gasteiger partial charge in [0.25, 0.3) is 0 Å². The first kappa shape index (κ1) is 14.8. The number of furan rings is 1. The number of ketones is 1. The van der Waals surface area contributed by atoms with Gasteiger partial charge in [-0.15, -0.1) is 11.3 Å². The zero-order chi connectivity index (χ0) is 16.7. The van der Waals surface area contributed by atoms with Crippen LogP contribution in [0.1, 0.15) is 17.6 Å². The molecule has 0 spiro atoms. The highest BCUT2D eigenvalue weighted by Crippen LogP contribution is 2.40. The minimum absolute atomic E-state index is 0.303. The number of carbonyl (C=O) groups is 1. The van der Waals surface area contributed by atoms with Crippen molar-refractivity contribution in [1.29, 1.82) is 0 Å². The molecule has 3 nitrogen and oxygen atoms in total. The maximum Gasteiger partial charge on any atom is 0.226 e. The van der Waals surface area contributed by atoms with E-state index in [4.69, 9.17) is 4.42 Å². The maximum absolute atomic E-state index is 12.5. The Balaban J connectivity index is 2.01. The van der Waals surface area contributed by atoms with Crippen molar-refractivity contribution in [1.82, 2.24) is 0 Å². The Labute approximate surface area is 142 Å². The van der Waals surface area contributed by atoms with E-state index in [-0.39, 0.29) is 5.78 Å². The van der Waals surface area contributed by atoms with Crippen molar-refractivity contribution in [3.05, 3.63) is 71.3 Å². The van der Waals surface area contributed by atoms with Gasteiger partial charge in [0.05, 0.1) is 0 Å². The zero-order valence-corrected chi connectivity index (χ0v) is 13.7. The smallest absolute Gasteiger partial charge is 0.226 e. The van der Waals surface area contributed by atoms with Crippen molar-refractivity contribution >= 4 is 44.5 Å². The average Bonchev–Trinajstić information content (AvgIpc) is 3.19. The predicted octanol–water partition coefficient (Wildman–Crippen LogP) is 4.63. The summed E-state index contributed by atoms with van der Waals surface area (Å²) in [4.78, 5) is 25.2. The molecule has 0 aliphatic rings. The third kappa shape index (κ3) is 2.03. The lowest BCUT2D eigenvalue weighted by Gasteiger charge is -2.20. The Morgan fingerprint density at radius 2 is 1.75 bits per heavy atom. The fourth-order valence-electron chi connectivity index (χ4n) is 2.97. The van der Waals surface area contributed by atoms with Gasteiger partial charge in [-0.25, -0.2) is 0 Å². The summed E-state index contributed by atoms with van der Waals surface area (Å²) in [7, 11) is 0. The molecule has 0 aliphatic carbocycles. The third-order valence-corrected chi connectivity index (χ3v) is 5.51. The SMILES string of the molecule is CC(=O)C([C]=O)(c1cc2ccccc2o1)c1cc2ccccc2s1. The van der Waals surface area contributed by atoms with Crippen LogP contribution in [0.4, 0.5) is 0 Å². The van der Waals surface area contributed by atoms with Gasteiger partial charge in [-0.1, -0.05) is 36.4 Å². The Morgan fingerprint density at radius 3 is 2.42 bits per heavy atom. The Kier molecular flexibility index (Phi) is 3.36. The monoisotopic (exact) mass is 333 g/mol. The highest BCUT2D eigenvalue weighted by Gasteiger charge is 2.45. The van der Waals surface area contributed by atoms with Crippen molar-refractivity contribution in [3.8, 4) is 0 Å². The summed E-state index contributed by atoms with van der Waals surface area (Å²) in [6.07, 6.45) is 1.99. The van der Waals surface area contributed by atoms with Crippen molar-refractivity contribution in [3.63, 3.8) is 0 Å². The quantitative estimate of drug-likeness (QED) is 0.511. The molecule has 2 aromatic heterocycles. The molecule has 1 atom stereocenters. The highest BCUT2D eigenvalue weighted by molar-refractivity contribution is 7.19. The first-order valence-corrected chi connectivity index (χ1v) is 8.35. The first-order valence-electron chi connectivity index (χ1n) is 7.53. The molecule has 24 heavy (non-hydrogen) atoms. The first-order chi connectivity index (χ1) is 11.6. The molecule has 0 N–H and O–H groups in total. The maximum atomic E-state index is 12.5. The molecule has 1 radical (unpaired) electrons. The van der Waals surface area contributed by atoms with Gasteiger partial charge in [-0.05, 0) is 36.6 Å². The van der Waals surface area contributed by atoms with Crippen LogP contribution in [-0.2, 0) is 15.0 Å². The molecule has 0 saturated carbocycles. The van der Waals surface area contributed by atoms with Gasteiger partial charge in [-0.3, -0.25) is 9.59 Å². The molecule has 2 heterocycles. The van der Waals surface area contributed by atoms with Crippen molar-refractivity contribution in [2.45, 2.75) is 12.3 Å². The summed E-state index contributed by atoms with van der Waals surface area (Å²) in [5.41, 5.74) is -0.877. The van der Waals surface area contributed by atoms with E-state index in [9.17, 15) is 9.59 Å². The number of fused-ring (bicyclic) bond motifs is 2. The van der Waals surface area contributed by atoms with E-state index in [2.05, 4.69) is 0 Å². The normalized spacial score (nSPS) is 13.9. The molecule has 2 aromatic carbocycles. The minimum Gasteiger partial charge on any atom is -0.459 e. The fourth-order valence-corrected chi connectivity index (χ4v) is 4.23. The van der Waals surface area contributed by atoms with Crippen LogP contribution in [0.5, 0.6) is 0 Å². The lowest BCUT2D eigenvalue weighted by atomic mass is 9.81. The lowest BCUT2D eigenvalue weighted by molar-refractivity contribution is -0.119. The van der Waals surface area contributed by atoms with Gasteiger partial charge in [-0.2, -0.15) is 0 Å². The van der Waals surface area contributed by atoms with Crippen molar-refractivity contribution < 1.29 is 14.0 Å². The van der Waals surface area contributed by atoms with Crippen molar-refractivity contribution in [2.75, 3.05) is 0 Å². The van der Waals surface area contributed by atoms with Gasteiger partial charge in [0.2, 0.25) is 6.29 Å². The Hall–Kier alpha value is -2.72. The molecular weight excluding hydrogens is 320 g/mol. The largest absolute Gasteiger partial charge is 0.459 e. The van der Waals surface area contributed by atoms with E-state index >= 15 is 0 Å². The summed E-state index contributed by atoms with van der Waals surface area (Å²) < 4.78 is 6.88. The number of hydrogen-bond donors (Lipinski definition) is 0. The molecule has 0 saturated heterocycles. The predicted molar refractivity (Wildman–Crippen MR) is 95.2 cm³/mol. The van der Waals surface area contributed by atoms with Gasteiger partial charge >= 0.3 is 0 Å². The molecular formula is C20H13O3S. The molecule has 117 valence electrons.